The lowest BCUT2D eigenvalue weighted by Gasteiger charge is -2.26. The molecule has 8 aromatic rings. The van der Waals surface area contributed by atoms with Crippen LogP contribution in [0.3, 0.4) is 0 Å². The highest BCUT2D eigenvalue weighted by atomic mass is 79.9. The largest absolute Gasteiger partial charge is 0.480 e. The van der Waals surface area contributed by atoms with Crippen LogP contribution in [0.25, 0.3) is 21.8 Å². The number of hydrogen-bond acceptors (Lipinski definition) is 17. The molecule has 8 rings (SSSR count). The van der Waals surface area contributed by atoms with Crippen LogP contribution < -0.4 is 32.7 Å². The van der Waals surface area contributed by atoms with Crippen LogP contribution in [0.4, 0.5) is 28.6 Å². The summed E-state index contributed by atoms with van der Waals surface area (Å²) in [6.45, 7) is 7.33. The second-order valence-corrected chi connectivity index (χ2v) is 18.4. The normalized spacial score (nSPS) is 10.8. The van der Waals surface area contributed by atoms with Crippen LogP contribution in [-0.2, 0) is 38.7 Å². The summed E-state index contributed by atoms with van der Waals surface area (Å²) < 4.78 is 3.99. The van der Waals surface area contributed by atoms with Crippen LogP contribution in [0.2, 0.25) is 0 Å². The number of pyridine rings is 2. The van der Waals surface area contributed by atoms with Crippen LogP contribution in [0.5, 0.6) is 0 Å². The maximum absolute atomic E-state index is 13.2. The third-order valence-corrected chi connectivity index (χ3v) is 11.2. The number of rotatable bonds is 19. The Morgan fingerprint density at radius 2 is 1.17 bits per heavy atom. The molecule has 0 aliphatic heterocycles. The number of nitrogens with one attached hydrogen (secondary N) is 4. The van der Waals surface area contributed by atoms with Crippen molar-refractivity contribution in [3.05, 3.63) is 137 Å². The standard InChI is InChI=1S/C24H24BrN9O3.C14H12N6O3.C11H15BrN2O/c1-14(2)33(11-21(35)31-20-5-3-4-19(25)30-20)22(36)12-34-18-7-6-15(29-16-9-27-13-28-10-16)8-17(18)23(32-34)24(26)37;15-14(23)13-10-3-8(18-9-4-16-7-17-5-9)1-2-11(10)20(19-13)6-12(21)22;1-8(2)13-7-10(15)6-9-4-3-5-11(12)14-9/h3-10,13-14,29H,11-12H2,1-2H3,(H2,26,37)(H,30,31,35);1-5,7,18H,6H2,(H2,15,23)(H,21,22);3-5,8,13H,6-7H2,1-2H3. The van der Waals surface area contributed by atoms with Crippen molar-refractivity contribution in [2.24, 2.45) is 11.5 Å². The van der Waals surface area contributed by atoms with E-state index in [1.54, 1.807) is 79.4 Å². The van der Waals surface area contributed by atoms with Crippen molar-refractivity contribution in [3.63, 3.8) is 0 Å². The first-order valence-electron chi connectivity index (χ1n) is 22.8. The summed E-state index contributed by atoms with van der Waals surface area (Å²) in [5.41, 5.74) is 15.5. The molecular weight excluding hydrogens is 1100 g/mol. The maximum atomic E-state index is 13.2. The lowest BCUT2D eigenvalue weighted by Crippen LogP contribution is -2.44. The first-order chi connectivity index (χ1) is 35.8. The number of ketones is 1. The summed E-state index contributed by atoms with van der Waals surface area (Å²) >= 11 is 6.54. The third-order valence-electron chi connectivity index (χ3n) is 10.3. The lowest BCUT2D eigenvalue weighted by molar-refractivity contribution is -0.138. The number of fused-ring (bicyclic) bond motifs is 2. The molecule has 4 amide bonds. The molecule has 2 aromatic carbocycles. The van der Waals surface area contributed by atoms with Crippen LogP contribution in [0.15, 0.2) is 119 Å². The van der Waals surface area contributed by atoms with Gasteiger partial charge in [-0.1, -0.05) is 26.0 Å². The van der Waals surface area contributed by atoms with Gasteiger partial charge in [-0.25, -0.2) is 29.9 Å². The first kappa shape index (κ1) is 55.7. The van der Waals surface area contributed by atoms with E-state index >= 15 is 0 Å². The molecular formula is C49H51Br2N17O7. The van der Waals surface area contributed by atoms with Crippen molar-refractivity contribution < 1.29 is 33.9 Å². The van der Waals surface area contributed by atoms with Crippen molar-refractivity contribution in [1.82, 2.24) is 59.7 Å². The zero-order chi connectivity index (χ0) is 54.2. The van der Waals surface area contributed by atoms with Gasteiger partial charge in [-0.3, -0.25) is 38.1 Å². The Balaban J connectivity index is 0.000000204. The van der Waals surface area contributed by atoms with Crippen molar-refractivity contribution in [1.29, 1.82) is 0 Å². The van der Waals surface area contributed by atoms with Crippen molar-refractivity contribution in [2.75, 3.05) is 29.0 Å². The molecule has 0 radical (unpaired) electrons. The molecule has 6 heterocycles. The number of anilines is 5. The van der Waals surface area contributed by atoms with Gasteiger partial charge < -0.3 is 42.7 Å². The quantitative estimate of drug-likeness (QED) is 0.0498. The molecule has 0 saturated heterocycles. The van der Waals surface area contributed by atoms with Gasteiger partial charge >= 0.3 is 5.97 Å². The SMILES string of the molecule is CC(C)N(CC(=O)Nc1cccc(Br)n1)C(=O)Cn1nc(C(N)=O)c2cc(Nc3cncnc3)ccc21.CC(C)NCC(=O)Cc1cccc(Br)n1.NC(=O)c1nn(CC(=O)O)c2ccc(Nc3cncnc3)cc12. The van der Waals surface area contributed by atoms with Crippen LogP contribution in [0, 0.1) is 0 Å². The number of Topliss-reactive ketones (excluding diaryl/α,β-unsaturated/α-hetero) is 1. The van der Waals surface area contributed by atoms with Gasteiger partial charge in [0.05, 0.1) is 60.2 Å². The van der Waals surface area contributed by atoms with Gasteiger partial charge in [0.2, 0.25) is 11.8 Å². The number of aromatic nitrogens is 10. The molecule has 0 aliphatic carbocycles. The number of aliphatic carboxylic acids is 1. The number of nitrogens with two attached hydrogens (primary N) is 2. The smallest absolute Gasteiger partial charge is 0.325 e. The Morgan fingerprint density at radius 1 is 0.667 bits per heavy atom. The second-order valence-electron chi connectivity index (χ2n) is 16.8. The maximum Gasteiger partial charge on any atom is 0.325 e. The molecule has 0 aliphatic rings. The van der Waals surface area contributed by atoms with E-state index in [4.69, 9.17) is 16.6 Å². The molecule has 0 saturated carbocycles. The predicted octanol–water partition coefficient (Wildman–Crippen LogP) is 5.41. The summed E-state index contributed by atoms with van der Waals surface area (Å²) in [5.74, 6) is -2.72. The fourth-order valence-corrected chi connectivity index (χ4v) is 7.76. The lowest BCUT2D eigenvalue weighted by atomic mass is 10.1. The molecule has 0 bridgehead atoms. The number of benzene rings is 2. The number of nitrogens with zero attached hydrogens (tertiary/aromatic N) is 11. The van der Waals surface area contributed by atoms with Gasteiger partial charge in [-0.05, 0) is 106 Å². The zero-order valence-corrected chi connectivity index (χ0v) is 44.0. The monoisotopic (exact) mass is 1150 g/mol. The van der Waals surface area contributed by atoms with E-state index in [2.05, 4.69) is 93.2 Å². The number of amides is 4. The van der Waals surface area contributed by atoms with Crippen LogP contribution >= 0.6 is 31.9 Å². The van der Waals surface area contributed by atoms with Gasteiger partial charge in [0.25, 0.3) is 11.8 Å². The Morgan fingerprint density at radius 3 is 1.64 bits per heavy atom. The fourth-order valence-electron chi connectivity index (χ4n) is 7.03. The zero-order valence-electron chi connectivity index (χ0n) is 40.8. The van der Waals surface area contributed by atoms with Gasteiger partial charge in [0.1, 0.15) is 47.3 Å². The van der Waals surface area contributed by atoms with Gasteiger partial charge in [-0.15, -0.1) is 0 Å². The summed E-state index contributed by atoms with van der Waals surface area (Å²) in [6, 6.07) is 21.1. The molecule has 388 valence electrons. The van der Waals surface area contributed by atoms with E-state index in [1.165, 1.54) is 26.9 Å². The average molecular weight is 1150 g/mol. The number of halogens is 2. The summed E-state index contributed by atoms with van der Waals surface area (Å²) in [6.07, 6.45) is 9.63. The summed E-state index contributed by atoms with van der Waals surface area (Å²) in [5, 5.41) is 30.2. The number of carbonyl (C=O) groups is 6. The molecule has 26 heteroatoms. The Kier molecular flexibility index (Phi) is 19.6. The van der Waals surface area contributed by atoms with E-state index in [-0.39, 0.29) is 48.8 Å². The van der Waals surface area contributed by atoms with Crippen LogP contribution in [-0.4, -0.2) is 120 Å². The highest BCUT2D eigenvalue weighted by Crippen LogP contribution is 2.27. The summed E-state index contributed by atoms with van der Waals surface area (Å²) in [7, 11) is 0. The van der Waals surface area contributed by atoms with Gasteiger partial charge in [-0.2, -0.15) is 10.2 Å². The highest BCUT2D eigenvalue weighted by Gasteiger charge is 2.24. The number of carbonyl (C=O) groups excluding carboxylic acids is 5. The number of carboxylic acid groups (broad SMARTS) is 1. The number of primary amides is 2. The first-order valence-corrected chi connectivity index (χ1v) is 24.4. The molecule has 0 spiro atoms. The van der Waals surface area contributed by atoms with E-state index in [9.17, 15) is 28.8 Å². The third kappa shape index (κ3) is 16.4. The highest BCUT2D eigenvalue weighted by molar-refractivity contribution is 9.10. The molecule has 24 nitrogen and oxygen atoms in total. The topological polar surface area (TPSA) is 339 Å². The minimum Gasteiger partial charge on any atom is -0.480 e. The minimum atomic E-state index is -1.06. The van der Waals surface area contributed by atoms with Gasteiger partial charge in [0, 0.05) is 39.9 Å². The molecule has 0 atom stereocenters. The second kappa shape index (κ2) is 26.4. The molecule has 0 unspecified atom stereocenters. The predicted molar refractivity (Wildman–Crippen MR) is 286 cm³/mol. The molecule has 6 aromatic heterocycles. The molecule has 75 heavy (non-hydrogen) atoms. The number of carboxylic acids is 1. The average Bonchev–Trinajstić information content (AvgIpc) is 3.90. The van der Waals surface area contributed by atoms with Crippen molar-refractivity contribution in [3.8, 4) is 0 Å². The van der Waals surface area contributed by atoms with Crippen molar-refractivity contribution >= 4 is 118 Å². The van der Waals surface area contributed by atoms with Crippen molar-refractivity contribution in [2.45, 2.75) is 59.3 Å². The molecule has 9 N–H and O–H groups in total. The van der Waals surface area contributed by atoms with E-state index < -0.39 is 23.7 Å². The Labute approximate surface area is 445 Å². The van der Waals surface area contributed by atoms with E-state index in [1.807, 2.05) is 45.9 Å². The van der Waals surface area contributed by atoms with E-state index in [0.717, 1.165) is 10.3 Å². The molecule has 0 fully saturated rings. The van der Waals surface area contributed by atoms with Crippen LogP contribution in [0.1, 0.15) is 54.4 Å². The Bertz CT molecular complexity index is 3320. The van der Waals surface area contributed by atoms with E-state index in [0.29, 0.717) is 74.0 Å². The Hall–Kier alpha value is -8.62. The minimum absolute atomic E-state index is 0.0224. The fraction of sp³-hybridized carbons (Fsp3) is 0.224. The summed E-state index contributed by atoms with van der Waals surface area (Å²) in [4.78, 5) is 97.5. The van der Waals surface area contributed by atoms with Gasteiger partial charge in [0.15, 0.2) is 17.2 Å². The number of hydrogen-bond donors (Lipinski definition) is 7.